The zero-order valence-electron chi connectivity index (χ0n) is 46.9. The molecule has 80 heavy (non-hydrogen) atoms. The number of carboxylic acids is 1. The number of hydrogen-bond donors (Lipinski definition) is 8. The number of aliphatic hydroxyl groups is 3. The Labute approximate surface area is 470 Å². The first kappa shape index (κ1) is 57.2. The van der Waals surface area contributed by atoms with Gasteiger partial charge in [-0.3, -0.25) is 9.59 Å². The van der Waals surface area contributed by atoms with Crippen molar-refractivity contribution in [2.75, 3.05) is 0 Å². The fraction of sp³-hybridized carbons (Fsp3) is 0.667. The van der Waals surface area contributed by atoms with Crippen LogP contribution in [0.15, 0.2) is 59.4 Å². The van der Waals surface area contributed by atoms with Gasteiger partial charge in [-0.1, -0.05) is 70.4 Å². The van der Waals surface area contributed by atoms with Crippen molar-refractivity contribution in [3.05, 3.63) is 70.1 Å². The molecule has 3 bridgehead atoms. The molecule has 3 aromatic rings. The maximum absolute atomic E-state index is 15.0. The van der Waals surface area contributed by atoms with Gasteiger partial charge in [0.25, 0.3) is 5.91 Å². The summed E-state index contributed by atoms with van der Waals surface area (Å²) in [5.74, 6) is -5.46. The number of aliphatic carboxylic acids is 1. The molecule has 9 N–H and O–H groups in total. The Morgan fingerprint density at radius 1 is 0.850 bits per heavy atom. The van der Waals surface area contributed by atoms with Gasteiger partial charge in [-0.05, 0) is 114 Å². The first-order valence-electron chi connectivity index (χ1n) is 28.9. The number of carbonyl (C=O) groups excluding carboxylic acids is 3. The van der Waals surface area contributed by atoms with Crippen LogP contribution in [0.3, 0.4) is 0 Å². The van der Waals surface area contributed by atoms with Crippen LogP contribution in [-0.2, 0) is 47.5 Å². The van der Waals surface area contributed by atoms with E-state index >= 15 is 0 Å². The Morgan fingerprint density at radius 3 is 2.31 bits per heavy atom. The molecule has 1 spiro atoms. The van der Waals surface area contributed by atoms with Crippen LogP contribution < -0.4 is 11.1 Å². The van der Waals surface area contributed by atoms with Gasteiger partial charge in [0, 0.05) is 63.4 Å². The second-order valence-corrected chi connectivity index (χ2v) is 25.8. The van der Waals surface area contributed by atoms with Crippen LogP contribution in [0.5, 0.6) is 0 Å². The summed E-state index contributed by atoms with van der Waals surface area (Å²) < 4.78 is 45.0. The van der Waals surface area contributed by atoms with Gasteiger partial charge in [-0.2, -0.15) is 0 Å². The van der Waals surface area contributed by atoms with Crippen LogP contribution in [0.2, 0.25) is 5.02 Å². The van der Waals surface area contributed by atoms with Crippen molar-refractivity contribution >= 4 is 57.2 Å². The highest BCUT2D eigenvalue weighted by Gasteiger charge is 2.63. The van der Waals surface area contributed by atoms with Crippen LogP contribution in [0, 0.1) is 40.4 Å². The van der Waals surface area contributed by atoms with E-state index in [-0.39, 0.29) is 72.1 Å². The van der Waals surface area contributed by atoms with Gasteiger partial charge >= 0.3 is 11.9 Å². The number of aromatic nitrogens is 2. The minimum atomic E-state index is -1.58. The Kier molecular flexibility index (Phi) is 15.1. The number of carbonyl (C=O) groups is 4. The molecule has 4 saturated heterocycles. The van der Waals surface area contributed by atoms with E-state index in [2.05, 4.69) is 21.4 Å². The van der Waals surface area contributed by atoms with Crippen molar-refractivity contribution in [2.45, 2.75) is 211 Å². The van der Waals surface area contributed by atoms with Crippen molar-refractivity contribution in [3.63, 3.8) is 0 Å². The number of aliphatic hydroxyl groups excluding tert-OH is 2. The number of esters is 1. The third-order valence-electron chi connectivity index (χ3n) is 20.0. The molecule has 2 aromatic heterocycles. The molecular formula is C60H79ClN4O15. The SMILES string of the molecule is CCC1CC2(C)C=C(C(=O)O)C(C)C3(C2)NC(=O)C(=C(O)C2(C)C(C=CC4C(OC5CCC(OC6CC(C)(O)C(OC7CC(OC(=O)c8cc9c([nH]8)[nH]c8ccc(Cl)cc89)C(N)C(C)O7)C(C)O6)C(C)O5)CCCC42)CC1O)C3=O. The van der Waals surface area contributed by atoms with Gasteiger partial charge in [0.05, 0.1) is 48.3 Å². The van der Waals surface area contributed by atoms with Crippen molar-refractivity contribution in [1.29, 1.82) is 0 Å². The average molecular weight is 1130 g/mol. The highest BCUT2D eigenvalue weighted by Crippen LogP contribution is 2.59. The smallest absolute Gasteiger partial charge is 0.355 e. The van der Waals surface area contributed by atoms with E-state index in [1.807, 2.05) is 45.9 Å². The summed E-state index contributed by atoms with van der Waals surface area (Å²) in [5, 5.41) is 52.4. The fourth-order valence-electron chi connectivity index (χ4n) is 15.6. The quantitative estimate of drug-likeness (QED) is 0.0543. The van der Waals surface area contributed by atoms with Gasteiger partial charge in [0.1, 0.15) is 40.4 Å². The Hall–Kier alpha value is -4.67. The minimum absolute atomic E-state index is 0.0347. The zero-order chi connectivity index (χ0) is 57.1. The van der Waals surface area contributed by atoms with E-state index in [0.29, 0.717) is 49.2 Å². The Balaban J connectivity index is 0.729. The predicted octanol–water partition coefficient (Wildman–Crippen LogP) is 7.95. The lowest BCUT2D eigenvalue weighted by Gasteiger charge is -2.53. The number of benzene rings is 1. The number of hydrogen-bond acceptors (Lipinski definition) is 15. The van der Waals surface area contributed by atoms with E-state index in [1.54, 1.807) is 45.9 Å². The topological polar surface area (TPSA) is 283 Å². The highest BCUT2D eigenvalue weighted by atomic mass is 35.5. The normalized spacial score (nSPS) is 43.2. The van der Waals surface area contributed by atoms with Crippen LogP contribution in [0.1, 0.15) is 137 Å². The van der Waals surface area contributed by atoms with Gasteiger partial charge < -0.3 is 74.6 Å². The second-order valence-electron chi connectivity index (χ2n) is 25.4. The van der Waals surface area contributed by atoms with Gasteiger partial charge in [-0.25, -0.2) is 9.59 Å². The van der Waals surface area contributed by atoms with Crippen molar-refractivity contribution in [2.24, 2.45) is 46.2 Å². The van der Waals surface area contributed by atoms with E-state index < -0.39 is 125 Å². The summed E-state index contributed by atoms with van der Waals surface area (Å²) in [6.45, 7) is 14.6. The summed E-state index contributed by atoms with van der Waals surface area (Å²) in [4.78, 5) is 61.9. The third kappa shape index (κ3) is 9.95. The number of allylic oxidation sites excluding steroid dienone is 3. The first-order chi connectivity index (χ1) is 37.8. The number of nitrogens with one attached hydrogen (secondary N) is 3. The maximum Gasteiger partial charge on any atom is 0.355 e. The molecule has 19 nitrogen and oxygen atoms in total. The predicted molar refractivity (Wildman–Crippen MR) is 293 cm³/mol. The molecule has 20 heteroatoms. The molecular weight excluding hydrogens is 1050 g/mol. The molecule has 1 amide bonds. The van der Waals surface area contributed by atoms with E-state index in [4.69, 9.17) is 50.5 Å². The standard InChI is InChI=1S/C60H79ClN4O15/c1-9-31-23-57(6)24-37(55(70)71)27(2)60(26-57)51(68)48(54(69)65-60)50(67)59(8)32(19-41(31)66)13-15-34-38(59)11-10-12-43(34)78-45-18-17-42(28(3)74-45)77-47-25-58(7,73)52(30(5)76-47)80-46-22-44(49(62)29(4)75-46)79-56(72)40-21-36-35-20-33(61)14-16-39(35)63-53(36)64-40/h13-16,20-21,24,27-32,34,38,41-47,49,52,63-64,66-67,73H,9-12,17-19,22-23,25-26,62H2,1-8H3,(H,65,69)(H,70,71). The highest BCUT2D eigenvalue weighted by molar-refractivity contribution is 6.32. The van der Waals surface area contributed by atoms with Gasteiger partial charge in [0.2, 0.25) is 0 Å². The fourth-order valence-corrected chi connectivity index (χ4v) is 15.8. The van der Waals surface area contributed by atoms with E-state index in [1.165, 1.54) is 0 Å². The van der Waals surface area contributed by atoms with Gasteiger partial charge in [0.15, 0.2) is 24.7 Å². The monoisotopic (exact) mass is 1130 g/mol. The number of fused-ring (bicyclic) bond motifs is 8. The zero-order valence-corrected chi connectivity index (χ0v) is 47.6. The van der Waals surface area contributed by atoms with Crippen molar-refractivity contribution in [3.8, 4) is 0 Å². The molecule has 4 aliphatic carbocycles. The average Bonchev–Trinajstić information content (AvgIpc) is 4.07. The molecule has 21 atom stereocenters. The molecule has 0 radical (unpaired) electrons. The second kappa shape index (κ2) is 21.2. The third-order valence-corrected chi connectivity index (χ3v) is 20.2. The number of carboxylic acid groups (broad SMARTS) is 1. The Bertz CT molecular complexity index is 3020. The molecule has 4 aliphatic heterocycles. The summed E-state index contributed by atoms with van der Waals surface area (Å²) in [6.07, 6.45) is 3.59. The number of Topliss-reactive ketones (excluding diaryl/α,β-unsaturated/α-hetero) is 1. The number of rotatable bonds is 10. The molecule has 6 heterocycles. The number of halogens is 1. The number of nitrogens with two attached hydrogens (primary N) is 1. The molecule has 5 fully saturated rings. The van der Waals surface area contributed by atoms with Crippen LogP contribution in [0.4, 0.5) is 0 Å². The summed E-state index contributed by atoms with van der Waals surface area (Å²) in [7, 11) is 0. The number of H-pyrrole nitrogens is 2. The van der Waals surface area contributed by atoms with Crippen molar-refractivity contribution < 1.29 is 72.8 Å². The molecule has 11 rings (SSSR count). The summed E-state index contributed by atoms with van der Waals surface area (Å²) in [6, 6.07) is 6.57. The van der Waals surface area contributed by atoms with Crippen LogP contribution >= 0.6 is 11.6 Å². The lowest BCUT2D eigenvalue weighted by molar-refractivity contribution is -0.339. The Morgan fingerprint density at radius 2 is 1.59 bits per heavy atom. The molecule has 21 unspecified atom stereocenters. The summed E-state index contributed by atoms with van der Waals surface area (Å²) in [5.41, 5.74) is 3.02. The molecule has 436 valence electrons. The number of ketones is 1. The van der Waals surface area contributed by atoms with Crippen LogP contribution in [0.25, 0.3) is 21.9 Å². The van der Waals surface area contributed by atoms with E-state index in [0.717, 1.165) is 22.7 Å². The number of amides is 1. The number of ether oxygens (including phenoxy) is 7. The van der Waals surface area contributed by atoms with Crippen LogP contribution in [-0.4, -0.2) is 139 Å². The lowest BCUT2D eigenvalue weighted by Crippen LogP contribution is -2.60. The first-order valence-corrected chi connectivity index (χ1v) is 29.3. The minimum Gasteiger partial charge on any atom is -0.511 e. The molecule has 1 saturated carbocycles. The van der Waals surface area contributed by atoms with Crippen molar-refractivity contribution in [1.82, 2.24) is 15.3 Å². The largest absolute Gasteiger partial charge is 0.511 e. The lowest BCUT2D eigenvalue weighted by atomic mass is 9.52. The molecule has 8 aliphatic rings. The molecule has 1 aromatic carbocycles. The summed E-state index contributed by atoms with van der Waals surface area (Å²) >= 11 is 6.26. The van der Waals surface area contributed by atoms with Gasteiger partial charge in [-0.15, -0.1) is 0 Å². The maximum atomic E-state index is 15.0. The van der Waals surface area contributed by atoms with E-state index in [9.17, 15) is 39.6 Å². The number of aromatic amines is 2.